The summed E-state index contributed by atoms with van der Waals surface area (Å²) in [5, 5.41) is 9.32. The second kappa shape index (κ2) is 5.50. The molecule has 0 unspecified atom stereocenters. The van der Waals surface area contributed by atoms with E-state index in [9.17, 15) is 17.2 Å². The lowest BCUT2D eigenvalue weighted by Crippen LogP contribution is -2.11. The lowest BCUT2D eigenvalue weighted by atomic mass is 10.2. The first-order valence-electron chi connectivity index (χ1n) is 6.29. The molecule has 0 atom stereocenters. The smallest absolute Gasteiger partial charge is 0.244 e. The standard InChI is InChI=1S/C12H10F2N6O2S/c1-20-10(15-6-16-20)5-23(21,22)12-17-11(18-19-12)7-2-8(13)4-9(14)3-7/h2-4,6H,5H2,1H3,(H,17,18,19). The van der Waals surface area contributed by atoms with Gasteiger partial charge in [0.05, 0.1) is 0 Å². The Hall–Kier alpha value is -2.69. The fourth-order valence-corrected chi connectivity index (χ4v) is 3.04. The topological polar surface area (TPSA) is 106 Å². The van der Waals surface area contributed by atoms with Crippen molar-refractivity contribution in [3.8, 4) is 11.4 Å². The van der Waals surface area contributed by atoms with Crippen molar-refractivity contribution in [1.82, 2.24) is 29.9 Å². The van der Waals surface area contributed by atoms with E-state index in [-0.39, 0.29) is 17.2 Å². The summed E-state index contributed by atoms with van der Waals surface area (Å²) in [6.07, 6.45) is 1.23. The minimum Gasteiger partial charge on any atom is -0.252 e. The fourth-order valence-electron chi connectivity index (χ4n) is 1.89. The van der Waals surface area contributed by atoms with Crippen LogP contribution in [0, 0.1) is 11.6 Å². The van der Waals surface area contributed by atoms with Crippen LogP contribution in [0.4, 0.5) is 8.78 Å². The fraction of sp³-hybridized carbons (Fsp3) is 0.167. The van der Waals surface area contributed by atoms with Crippen LogP contribution in [-0.4, -0.2) is 38.4 Å². The molecule has 23 heavy (non-hydrogen) atoms. The van der Waals surface area contributed by atoms with Crippen molar-refractivity contribution in [2.24, 2.45) is 7.05 Å². The molecule has 3 rings (SSSR count). The zero-order valence-electron chi connectivity index (χ0n) is 11.7. The Morgan fingerprint density at radius 3 is 2.52 bits per heavy atom. The lowest BCUT2D eigenvalue weighted by Gasteiger charge is -2.00. The number of aromatic nitrogens is 6. The van der Waals surface area contributed by atoms with E-state index in [1.54, 1.807) is 7.05 Å². The summed E-state index contributed by atoms with van der Waals surface area (Å²) in [5.41, 5.74) is 0.0267. The van der Waals surface area contributed by atoms with E-state index in [1.165, 1.54) is 11.0 Å². The van der Waals surface area contributed by atoms with Crippen molar-refractivity contribution >= 4 is 9.84 Å². The Labute approximate surface area is 129 Å². The molecule has 0 amide bonds. The Morgan fingerprint density at radius 1 is 1.22 bits per heavy atom. The predicted molar refractivity (Wildman–Crippen MR) is 73.6 cm³/mol. The summed E-state index contributed by atoms with van der Waals surface area (Å²) in [4.78, 5) is 7.63. The van der Waals surface area contributed by atoms with Crippen LogP contribution in [0.2, 0.25) is 0 Å². The second-order valence-corrected chi connectivity index (χ2v) is 6.59. The first kappa shape index (κ1) is 15.2. The van der Waals surface area contributed by atoms with E-state index >= 15 is 0 Å². The van der Waals surface area contributed by atoms with Crippen molar-refractivity contribution in [3.63, 3.8) is 0 Å². The highest BCUT2D eigenvalue weighted by Gasteiger charge is 2.23. The number of benzene rings is 1. The summed E-state index contributed by atoms with van der Waals surface area (Å²) in [7, 11) is -2.30. The number of halogens is 2. The zero-order valence-corrected chi connectivity index (χ0v) is 12.5. The maximum atomic E-state index is 13.2. The maximum absolute atomic E-state index is 13.2. The van der Waals surface area contributed by atoms with Crippen molar-refractivity contribution < 1.29 is 17.2 Å². The number of nitrogens with one attached hydrogen (secondary N) is 1. The number of sulfone groups is 1. The first-order chi connectivity index (χ1) is 10.8. The Morgan fingerprint density at radius 2 is 1.91 bits per heavy atom. The molecule has 1 aromatic carbocycles. The summed E-state index contributed by atoms with van der Waals surface area (Å²) < 4.78 is 52.3. The van der Waals surface area contributed by atoms with Gasteiger partial charge in [-0.3, -0.25) is 4.68 Å². The van der Waals surface area contributed by atoms with E-state index in [0.717, 1.165) is 12.1 Å². The van der Waals surface area contributed by atoms with Gasteiger partial charge in [0, 0.05) is 18.7 Å². The van der Waals surface area contributed by atoms with E-state index in [1.807, 2.05) is 0 Å². The van der Waals surface area contributed by atoms with Gasteiger partial charge in [0.15, 0.2) is 5.82 Å². The summed E-state index contributed by atoms with van der Waals surface area (Å²) in [6, 6.07) is 2.71. The molecule has 0 spiro atoms. The van der Waals surface area contributed by atoms with E-state index in [2.05, 4.69) is 25.3 Å². The number of aromatic amines is 1. The summed E-state index contributed by atoms with van der Waals surface area (Å²) in [6.45, 7) is 0. The third-order valence-corrected chi connectivity index (χ3v) is 4.41. The molecule has 8 nitrogen and oxygen atoms in total. The van der Waals surface area contributed by atoms with E-state index in [0.29, 0.717) is 6.07 Å². The minimum atomic E-state index is -3.85. The average Bonchev–Trinajstić information content (AvgIpc) is 3.08. The molecular formula is C12H10F2N6O2S. The van der Waals surface area contributed by atoms with Crippen LogP contribution in [0.1, 0.15) is 5.82 Å². The Balaban J connectivity index is 1.93. The highest BCUT2D eigenvalue weighted by atomic mass is 32.2. The molecule has 1 N–H and O–H groups in total. The van der Waals surface area contributed by atoms with Gasteiger partial charge in [0.1, 0.15) is 29.5 Å². The molecule has 11 heteroatoms. The molecule has 0 radical (unpaired) electrons. The molecule has 2 heterocycles. The monoisotopic (exact) mass is 340 g/mol. The third kappa shape index (κ3) is 3.08. The van der Waals surface area contributed by atoms with Gasteiger partial charge in [-0.05, 0) is 12.1 Å². The molecular weight excluding hydrogens is 330 g/mol. The van der Waals surface area contributed by atoms with E-state index in [4.69, 9.17) is 0 Å². The molecule has 0 bridgehead atoms. The largest absolute Gasteiger partial charge is 0.252 e. The average molecular weight is 340 g/mol. The van der Waals surface area contributed by atoms with Gasteiger partial charge in [-0.2, -0.15) is 15.2 Å². The maximum Gasteiger partial charge on any atom is 0.244 e. The number of hydrogen-bond acceptors (Lipinski definition) is 6. The minimum absolute atomic E-state index is 0.0267. The number of H-pyrrole nitrogens is 1. The Bertz CT molecular complexity index is 945. The highest BCUT2D eigenvalue weighted by molar-refractivity contribution is 7.90. The number of hydrogen-bond donors (Lipinski definition) is 1. The van der Waals surface area contributed by atoms with Crippen molar-refractivity contribution in [2.45, 2.75) is 10.9 Å². The van der Waals surface area contributed by atoms with Crippen LogP contribution in [0.5, 0.6) is 0 Å². The van der Waals surface area contributed by atoms with Crippen molar-refractivity contribution in [3.05, 3.63) is 42.0 Å². The molecule has 0 saturated heterocycles. The lowest BCUT2D eigenvalue weighted by molar-refractivity contribution is 0.582. The number of nitrogens with zero attached hydrogens (tertiary/aromatic N) is 5. The molecule has 0 aliphatic carbocycles. The SMILES string of the molecule is Cn1ncnc1CS(=O)(=O)c1nc(-c2cc(F)cc(F)c2)n[nH]1. The van der Waals surface area contributed by atoms with Crippen LogP contribution >= 0.6 is 0 Å². The third-order valence-electron chi connectivity index (χ3n) is 3.00. The quantitative estimate of drug-likeness (QED) is 0.755. The molecule has 0 saturated carbocycles. The summed E-state index contributed by atoms with van der Waals surface area (Å²) in [5.74, 6) is -1.96. The van der Waals surface area contributed by atoms with Crippen LogP contribution in [-0.2, 0) is 22.6 Å². The molecule has 0 aliphatic heterocycles. The van der Waals surface area contributed by atoms with Crippen LogP contribution in [0.25, 0.3) is 11.4 Å². The van der Waals surface area contributed by atoms with Gasteiger partial charge in [-0.15, -0.1) is 0 Å². The van der Waals surface area contributed by atoms with Gasteiger partial charge < -0.3 is 0 Å². The van der Waals surface area contributed by atoms with Crippen molar-refractivity contribution in [1.29, 1.82) is 0 Å². The first-order valence-corrected chi connectivity index (χ1v) is 7.95. The molecule has 3 aromatic rings. The second-order valence-electron chi connectivity index (χ2n) is 4.68. The van der Waals surface area contributed by atoms with Crippen LogP contribution in [0.15, 0.2) is 29.7 Å². The molecule has 0 fully saturated rings. The zero-order chi connectivity index (χ0) is 16.6. The normalized spacial score (nSPS) is 11.8. The number of aryl methyl sites for hydroxylation is 1. The van der Waals surface area contributed by atoms with Gasteiger partial charge in [-0.1, -0.05) is 0 Å². The number of rotatable bonds is 4. The molecule has 120 valence electrons. The van der Waals surface area contributed by atoms with Gasteiger partial charge in [0.25, 0.3) is 0 Å². The predicted octanol–water partition coefficient (Wildman–Crippen LogP) is 0.852. The summed E-state index contributed by atoms with van der Waals surface area (Å²) >= 11 is 0. The van der Waals surface area contributed by atoms with Gasteiger partial charge >= 0.3 is 0 Å². The van der Waals surface area contributed by atoms with Crippen LogP contribution in [0.3, 0.4) is 0 Å². The van der Waals surface area contributed by atoms with Crippen molar-refractivity contribution in [2.75, 3.05) is 0 Å². The van der Waals surface area contributed by atoms with Crippen LogP contribution < -0.4 is 0 Å². The molecule has 0 aliphatic rings. The van der Waals surface area contributed by atoms with Gasteiger partial charge in [0.2, 0.25) is 15.0 Å². The van der Waals surface area contributed by atoms with E-state index < -0.39 is 32.4 Å². The Kier molecular flexibility index (Phi) is 3.64. The highest BCUT2D eigenvalue weighted by Crippen LogP contribution is 2.20. The molecule has 2 aromatic heterocycles. The van der Waals surface area contributed by atoms with Gasteiger partial charge in [-0.25, -0.2) is 27.3 Å².